The summed E-state index contributed by atoms with van der Waals surface area (Å²) in [4.78, 5) is 1.24. The van der Waals surface area contributed by atoms with E-state index in [9.17, 15) is 0 Å². The topological polar surface area (TPSA) is 38.0 Å². The van der Waals surface area contributed by atoms with Crippen molar-refractivity contribution in [1.29, 1.82) is 0 Å². The highest BCUT2D eigenvalue weighted by Crippen LogP contribution is 2.27. The van der Waals surface area contributed by atoms with Crippen molar-refractivity contribution in [1.82, 2.24) is 5.43 Å². The van der Waals surface area contributed by atoms with Crippen LogP contribution >= 0.6 is 22.9 Å². The minimum absolute atomic E-state index is 0.135. The molecule has 0 bridgehead atoms. The molecule has 0 saturated heterocycles. The highest BCUT2D eigenvalue weighted by Gasteiger charge is 2.14. The molecule has 4 heteroatoms. The van der Waals surface area contributed by atoms with Crippen molar-refractivity contribution >= 4 is 22.9 Å². The number of thiophene rings is 1. The van der Waals surface area contributed by atoms with E-state index in [0.29, 0.717) is 0 Å². The van der Waals surface area contributed by atoms with E-state index in [-0.39, 0.29) is 6.04 Å². The summed E-state index contributed by atoms with van der Waals surface area (Å²) in [5.74, 6) is 5.70. The van der Waals surface area contributed by atoms with Crippen molar-refractivity contribution in [2.75, 3.05) is 0 Å². The largest absolute Gasteiger partial charge is 0.271 e. The molecule has 1 heterocycles. The first-order valence-corrected chi connectivity index (χ1v) is 7.22. The van der Waals surface area contributed by atoms with E-state index in [1.165, 1.54) is 16.0 Å². The summed E-state index contributed by atoms with van der Waals surface area (Å²) in [5.41, 5.74) is 5.52. The summed E-state index contributed by atoms with van der Waals surface area (Å²) >= 11 is 7.57. The summed E-state index contributed by atoms with van der Waals surface area (Å²) in [5, 5.41) is 0. The summed E-state index contributed by atoms with van der Waals surface area (Å²) < 4.78 is 0.824. The van der Waals surface area contributed by atoms with Gasteiger partial charge in [-0.15, -0.1) is 11.3 Å². The lowest BCUT2D eigenvalue weighted by molar-refractivity contribution is 0.551. The van der Waals surface area contributed by atoms with Crippen LogP contribution in [0.2, 0.25) is 4.34 Å². The highest BCUT2D eigenvalue weighted by atomic mass is 35.5. The molecule has 0 aliphatic heterocycles. The molecule has 3 N–H and O–H groups in total. The Balaban J connectivity index is 2.22. The van der Waals surface area contributed by atoms with Crippen molar-refractivity contribution in [2.45, 2.75) is 25.8 Å². The van der Waals surface area contributed by atoms with E-state index >= 15 is 0 Å². The molecule has 0 aliphatic carbocycles. The second-order valence-corrected chi connectivity index (χ2v) is 5.98. The van der Waals surface area contributed by atoms with Crippen LogP contribution in [0.1, 0.15) is 29.0 Å². The minimum atomic E-state index is 0.135. The lowest BCUT2D eigenvalue weighted by Crippen LogP contribution is -2.30. The van der Waals surface area contributed by atoms with Crippen molar-refractivity contribution < 1.29 is 0 Å². The van der Waals surface area contributed by atoms with Gasteiger partial charge in [-0.05, 0) is 29.7 Å². The van der Waals surface area contributed by atoms with E-state index < -0.39 is 0 Å². The van der Waals surface area contributed by atoms with Crippen LogP contribution in [0.4, 0.5) is 0 Å². The van der Waals surface area contributed by atoms with Crippen LogP contribution in [0, 0.1) is 0 Å². The molecule has 18 heavy (non-hydrogen) atoms. The van der Waals surface area contributed by atoms with E-state index in [0.717, 1.165) is 17.2 Å². The fraction of sp³-hybridized carbons (Fsp3) is 0.286. The molecular weight excluding hydrogens is 264 g/mol. The molecule has 2 nitrogen and oxygen atoms in total. The number of nitrogens with one attached hydrogen (secondary N) is 1. The van der Waals surface area contributed by atoms with E-state index in [2.05, 4.69) is 42.7 Å². The molecule has 0 saturated carbocycles. The Morgan fingerprint density at radius 2 is 2.06 bits per heavy atom. The molecule has 0 amide bonds. The molecule has 2 aromatic rings. The zero-order valence-corrected chi connectivity index (χ0v) is 11.9. The number of hydrogen-bond acceptors (Lipinski definition) is 3. The normalized spacial score (nSPS) is 12.6. The number of aryl methyl sites for hydroxylation is 1. The monoisotopic (exact) mass is 280 g/mol. The zero-order chi connectivity index (χ0) is 13.0. The SMILES string of the molecule is CCc1ccccc1C(Cc1ccc(Cl)s1)NN. The molecule has 1 atom stereocenters. The maximum Gasteiger partial charge on any atom is 0.0931 e. The zero-order valence-electron chi connectivity index (χ0n) is 10.3. The third-order valence-corrected chi connectivity index (χ3v) is 4.30. The quantitative estimate of drug-likeness (QED) is 0.647. The van der Waals surface area contributed by atoms with Crippen LogP contribution in [0.5, 0.6) is 0 Å². The van der Waals surface area contributed by atoms with Gasteiger partial charge in [0.2, 0.25) is 0 Å². The van der Waals surface area contributed by atoms with E-state index in [4.69, 9.17) is 17.4 Å². The summed E-state index contributed by atoms with van der Waals surface area (Å²) in [7, 11) is 0. The Kier molecular flexibility index (Phi) is 4.78. The molecule has 0 fully saturated rings. The number of benzene rings is 1. The second kappa shape index (κ2) is 6.34. The molecule has 96 valence electrons. The van der Waals surface area contributed by atoms with Crippen LogP contribution in [0.3, 0.4) is 0 Å². The maximum atomic E-state index is 5.96. The second-order valence-electron chi connectivity index (χ2n) is 4.18. The molecule has 1 unspecified atom stereocenters. The van der Waals surface area contributed by atoms with Gasteiger partial charge >= 0.3 is 0 Å². The molecule has 1 aromatic carbocycles. The van der Waals surface area contributed by atoms with Gasteiger partial charge in [0.15, 0.2) is 0 Å². The molecule has 0 spiro atoms. The van der Waals surface area contributed by atoms with Gasteiger partial charge in [0, 0.05) is 11.3 Å². The van der Waals surface area contributed by atoms with Crippen LogP contribution < -0.4 is 11.3 Å². The molecular formula is C14H17ClN2S. The van der Waals surface area contributed by atoms with Crippen molar-refractivity contribution in [3.05, 3.63) is 56.7 Å². The molecule has 0 aliphatic rings. The van der Waals surface area contributed by atoms with Crippen molar-refractivity contribution in [3.63, 3.8) is 0 Å². The maximum absolute atomic E-state index is 5.96. The standard InChI is InChI=1S/C14H17ClN2S/c1-2-10-5-3-4-6-12(10)13(17-16)9-11-7-8-14(15)18-11/h3-8,13,17H,2,9,16H2,1H3. The predicted octanol–water partition coefficient (Wildman–Crippen LogP) is 3.71. The Hall–Kier alpha value is -0.870. The Morgan fingerprint density at radius 3 is 2.67 bits per heavy atom. The van der Waals surface area contributed by atoms with Gasteiger partial charge in [0.25, 0.3) is 0 Å². The van der Waals surface area contributed by atoms with Crippen LogP contribution in [-0.2, 0) is 12.8 Å². The molecule has 1 aromatic heterocycles. The van der Waals surface area contributed by atoms with Gasteiger partial charge in [0.1, 0.15) is 0 Å². The van der Waals surface area contributed by atoms with Gasteiger partial charge < -0.3 is 0 Å². The van der Waals surface area contributed by atoms with E-state index in [1.54, 1.807) is 11.3 Å². The third kappa shape index (κ3) is 3.12. The highest BCUT2D eigenvalue weighted by molar-refractivity contribution is 7.16. The summed E-state index contributed by atoms with van der Waals surface area (Å²) in [6, 6.07) is 12.5. The van der Waals surface area contributed by atoms with E-state index in [1.807, 2.05) is 6.07 Å². The van der Waals surface area contributed by atoms with Crippen molar-refractivity contribution in [3.8, 4) is 0 Å². The first-order chi connectivity index (χ1) is 8.74. The number of rotatable bonds is 5. The van der Waals surface area contributed by atoms with Crippen molar-refractivity contribution in [2.24, 2.45) is 5.84 Å². The van der Waals surface area contributed by atoms with Gasteiger partial charge in [-0.2, -0.15) is 0 Å². The summed E-state index contributed by atoms with van der Waals surface area (Å²) in [6.07, 6.45) is 1.88. The molecule has 0 radical (unpaired) electrons. The van der Waals surface area contributed by atoms with Crippen LogP contribution in [0.15, 0.2) is 36.4 Å². The third-order valence-electron chi connectivity index (χ3n) is 3.05. The lowest BCUT2D eigenvalue weighted by Gasteiger charge is -2.18. The van der Waals surface area contributed by atoms with Crippen LogP contribution in [-0.4, -0.2) is 0 Å². The van der Waals surface area contributed by atoms with Crippen LogP contribution in [0.25, 0.3) is 0 Å². The number of hydrazine groups is 1. The number of nitrogens with two attached hydrogens (primary N) is 1. The average molecular weight is 281 g/mol. The predicted molar refractivity (Wildman–Crippen MR) is 78.9 cm³/mol. The Morgan fingerprint density at radius 1 is 1.28 bits per heavy atom. The fourth-order valence-electron chi connectivity index (χ4n) is 2.12. The smallest absolute Gasteiger partial charge is 0.0931 e. The number of hydrogen-bond donors (Lipinski definition) is 2. The Bertz CT molecular complexity index is 510. The molecule has 2 rings (SSSR count). The fourth-order valence-corrected chi connectivity index (χ4v) is 3.25. The minimum Gasteiger partial charge on any atom is -0.271 e. The number of halogens is 1. The lowest BCUT2D eigenvalue weighted by atomic mass is 9.96. The first-order valence-electron chi connectivity index (χ1n) is 6.02. The van der Waals surface area contributed by atoms with Gasteiger partial charge in [-0.1, -0.05) is 42.8 Å². The Labute approximate surface area is 117 Å². The van der Waals surface area contributed by atoms with Gasteiger partial charge in [-0.25, -0.2) is 0 Å². The van der Waals surface area contributed by atoms with Gasteiger partial charge in [-0.3, -0.25) is 11.3 Å². The summed E-state index contributed by atoms with van der Waals surface area (Å²) in [6.45, 7) is 2.16. The average Bonchev–Trinajstić information content (AvgIpc) is 2.81. The first kappa shape index (κ1) is 13.6. The van der Waals surface area contributed by atoms with Gasteiger partial charge in [0.05, 0.1) is 10.4 Å².